The van der Waals surface area contributed by atoms with Crippen LogP contribution in [0.1, 0.15) is 12.8 Å². The SMILES string of the molecule is NCC(CN)OC(=O)CCC(=O)O. The molecule has 6 heteroatoms. The Balaban J connectivity index is 3.66. The van der Waals surface area contributed by atoms with E-state index in [1.165, 1.54) is 0 Å². The number of nitrogens with two attached hydrogens (primary N) is 2. The highest BCUT2D eigenvalue weighted by Crippen LogP contribution is 1.96. The second-order valence-electron chi connectivity index (χ2n) is 2.48. The number of hydrogen-bond donors (Lipinski definition) is 3. The first-order chi connectivity index (χ1) is 6.10. The van der Waals surface area contributed by atoms with Crippen LogP contribution in [0.3, 0.4) is 0 Å². The third-order valence-corrected chi connectivity index (χ3v) is 1.37. The molecule has 0 saturated heterocycles. The maximum atomic E-state index is 10.9. The quantitative estimate of drug-likeness (QED) is 0.447. The van der Waals surface area contributed by atoms with Crippen molar-refractivity contribution in [3.05, 3.63) is 0 Å². The number of carbonyl (C=O) groups excluding carboxylic acids is 1. The van der Waals surface area contributed by atoms with Crippen molar-refractivity contribution in [3.8, 4) is 0 Å². The minimum atomic E-state index is -1.03. The monoisotopic (exact) mass is 190 g/mol. The average Bonchev–Trinajstić information content (AvgIpc) is 2.10. The van der Waals surface area contributed by atoms with E-state index in [2.05, 4.69) is 0 Å². The predicted octanol–water partition coefficient (Wildman–Crippen LogP) is -1.32. The Morgan fingerprint density at radius 1 is 1.23 bits per heavy atom. The second-order valence-corrected chi connectivity index (χ2v) is 2.48. The number of carboxylic acids is 1. The lowest BCUT2D eigenvalue weighted by Gasteiger charge is -2.12. The molecule has 76 valence electrons. The Hall–Kier alpha value is -1.14. The maximum absolute atomic E-state index is 10.9. The molecule has 0 spiro atoms. The van der Waals surface area contributed by atoms with Gasteiger partial charge in [0.2, 0.25) is 0 Å². The molecule has 0 aromatic carbocycles. The van der Waals surface area contributed by atoms with Crippen molar-refractivity contribution in [2.45, 2.75) is 18.9 Å². The standard InChI is InChI=1S/C7H14N2O4/c8-3-5(4-9)13-7(12)2-1-6(10)11/h5H,1-4,8-9H2,(H,10,11). The van der Waals surface area contributed by atoms with Gasteiger partial charge >= 0.3 is 11.9 Å². The Kier molecular flexibility index (Phi) is 5.82. The summed E-state index contributed by atoms with van der Waals surface area (Å²) in [4.78, 5) is 21.0. The molecule has 0 rings (SSSR count). The lowest BCUT2D eigenvalue weighted by molar-refractivity contribution is -0.151. The van der Waals surface area contributed by atoms with Crippen molar-refractivity contribution in [1.29, 1.82) is 0 Å². The van der Waals surface area contributed by atoms with E-state index >= 15 is 0 Å². The van der Waals surface area contributed by atoms with E-state index in [-0.39, 0.29) is 25.9 Å². The lowest BCUT2D eigenvalue weighted by atomic mass is 10.3. The van der Waals surface area contributed by atoms with Gasteiger partial charge in [-0.05, 0) is 0 Å². The van der Waals surface area contributed by atoms with Crippen LogP contribution < -0.4 is 11.5 Å². The van der Waals surface area contributed by atoms with Crippen molar-refractivity contribution in [2.24, 2.45) is 11.5 Å². The third-order valence-electron chi connectivity index (χ3n) is 1.37. The molecule has 0 atom stereocenters. The Bertz CT molecular complexity index is 179. The first-order valence-corrected chi connectivity index (χ1v) is 3.91. The highest BCUT2D eigenvalue weighted by atomic mass is 16.5. The largest absolute Gasteiger partial charge is 0.481 e. The summed E-state index contributed by atoms with van der Waals surface area (Å²) in [7, 11) is 0. The first-order valence-electron chi connectivity index (χ1n) is 3.91. The van der Waals surface area contributed by atoms with Crippen molar-refractivity contribution in [3.63, 3.8) is 0 Å². The molecule has 0 aliphatic heterocycles. The Labute approximate surface area is 75.8 Å². The van der Waals surface area contributed by atoms with Gasteiger partial charge in [0.15, 0.2) is 0 Å². The zero-order valence-corrected chi connectivity index (χ0v) is 7.23. The summed E-state index contributed by atoms with van der Waals surface area (Å²) in [5.74, 6) is -1.61. The fourth-order valence-corrected chi connectivity index (χ4v) is 0.646. The summed E-state index contributed by atoms with van der Waals surface area (Å²) < 4.78 is 4.75. The Morgan fingerprint density at radius 3 is 2.15 bits per heavy atom. The summed E-state index contributed by atoms with van der Waals surface area (Å²) >= 11 is 0. The van der Waals surface area contributed by atoms with Gasteiger partial charge in [-0.3, -0.25) is 9.59 Å². The van der Waals surface area contributed by atoms with Crippen molar-refractivity contribution >= 4 is 11.9 Å². The van der Waals surface area contributed by atoms with Gasteiger partial charge in [-0.25, -0.2) is 0 Å². The van der Waals surface area contributed by atoms with Crippen LogP contribution in [-0.2, 0) is 14.3 Å². The van der Waals surface area contributed by atoms with Crippen molar-refractivity contribution < 1.29 is 19.4 Å². The van der Waals surface area contributed by atoms with Gasteiger partial charge in [-0.1, -0.05) is 0 Å². The van der Waals surface area contributed by atoms with E-state index in [1.807, 2.05) is 0 Å². The number of carboxylic acid groups (broad SMARTS) is 1. The van der Waals surface area contributed by atoms with Crippen LogP contribution in [0.4, 0.5) is 0 Å². The molecule has 0 fully saturated rings. The van der Waals surface area contributed by atoms with Crippen LogP contribution in [0.5, 0.6) is 0 Å². The first kappa shape index (κ1) is 11.9. The molecule has 0 aliphatic carbocycles. The summed E-state index contributed by atoms with van der Waals surface area (Å²) in [6.45, 7) is 0.296. The average molecular weight is 190 g/mol. The zero-order valence-electron chi connectivity index (χ0n) is 7.23. The predicted molar refractivity (Wildman–Crippen MR) is 44.9 cm³/mol. The molecule has 0 aliphatic rings. The van der Waals surface area contributed by atoms with Crippen LogP contribution in [0, 0.1) is 0 Å². The molecule has 0 aromatic rings. The Morgan fingerprint density at radius 2 is 1.77 bits per heavy atom. The molecule has 0 radical (unpaired) electrons. The van der Waals surface area contributed by atoms with Crippen LogP contribution in [-0.4, -0.2) is 36.2 Å². The minimum absolute atomic E-state index is 0.147. The smallest absolute Gasteiger partial charge is 0.306 e. The number of carbonyl (C=O) groups is 2. The van der Waals surface area contributed by atoms with E-state index in [9.17, 15) is 9.59 Å². The van der Waals surface area contributed by atoms with Gasteiger partial charge < -0.3 is 21.3 Å². The highest BCUT2D eigenvalue weighted by Gasteiger charge is 2.11. The fourth-order valence-electron chi connectivity index (χ4n) is 0.646. The van der Waals surface area contributed by atoms with E-state index < -0.39 is 18.0 Å². The van der Waals surface area contributed by atoms with Gasteiger partial charge in [-0.15, -0.1) is 0 Å². The van der Waals surface area contributed by atoms with Crippen LogP contribution in [0.25, 0.3) is 0 Å². The molecule has 0 amide bonds. The second kappa shape index (κ2) is 6.38. The summed E-state index contributed by atoms with van der Waals surface area (Å²) in [5.41, 5.74) is 10.4. The van der Waals surface area contributed by atoms with E-state index in [0.29, 0.717) is 0 Å². The fraction of sp³-hybridized carbons (Fsp3) is 0.714. The van der Waals surface area contributed by atoms with E-state index in [0.717, 1.165) is 0 Å². The van der Waals surface area contributed by atoms with Crippen LogP contribution in [0.15, 0.2) is 0 Å². The van der Waals surface area contributed by atoms with Gasteiger partial charge in [0, 0.05) is 13.1 Å². The van der Waals surface area contributed by atoms with Crippen molar-refractivity contribution in [2.75, 3.05) is 13.1 Å². The summed E-state index contributed by atoms with van der Waals surface area (Å²) in [5, 5.41) is 8.25. The topological polar surface area (TPSA) is 116 Å². The zero-order chi connectivity index (χ0) is 10.3. The number of rotatable bonds is 6. The van der Waals surface area contributed by atoms with E-state index in [4.69, 9.17) is 21.3 Å². The number of aliphatic carboxylic acids is 1. The summed E-state index contributed by atoms with van der Waals surface area (Å²) in [6.07, 6.45) is -0.895. The summed E-state index contributed by atoms with van der Waals surface area (Å²) in [6, 6.07) is 0. The normalized spacial score (nSPS) is 10.1. The van der Waals surface area contributed by atoms with Gasteiger partial charge in [0.05, 0.1) is 12.8 Å². The van der Waals surface area contributed by atoms with Crippen LogP contribution >= 0.6 is 0 Å². The van der Waals surface area contributed by atoms with E-state index in [1.54, 1.807) is 0 Å². The molecule has 0 unspecified atom stereocenters. The molecular formula is C7H14N2O4. The number of ether oxygens (including phenoxy) is 1. The minimum Gasteiger partial charge on any atom is -0.481 e. The lowest BCUT2D eigenvalue weighted by Crippen LogP contribution is -2.33. The molecule has 13 heavy (non-hydrogen) atoms. The van der Waals surface area contributed by atoms with Crippen molar-refractivity contribution in [1.82, 2.24) is 0 Å². The highest BCUT2D eigenvalue weighted by molar-refractivity contribution is 5.76. The number of esters is 1. The molecule has 5 N–H and O–H groups in total. The van der Waals surface area contributed by atoms with Gasteiger partial charge in [0.25, 0.3) is 0 Å². The third kappa shape index (κ3) is 6.06. The number of hydrogen-bond acceptors (Lipinski definition) is 5. The van der Waals surface area contributed by atoms with Crippen LogP contribution in [0.2, 0.25) is 0 Å². The van der Waals surface area contributed by atoms with Gasteiger partial charge in [0.1, 0.15) is 6.10 Å². The molecule has 0 saturated carbocycles. The molecule has 0 aromatic heterocycles. The van der Waals surface area contributed by atoms with Gasteiger partial charge in [-0.2, -0.15) is 0 Å². The maximum Gasteiger partial charge on any atom is 0.306 e. The molecule has 6 nitrogen and oxygen atoms in total. The molecular weight excluding hydrogens is 176 g/mol. The molecule has 0 heterocycles. The molecule has 0 bridgehead atoms.